The number of anilines is 2. The summed E-state index contributed by atoms with van der Waals surface area (Å²) in [6.07, 6.45) is 0. The zero-order valence-corrected chi connectivity index (χ0v) is 11.9. The van der Waals surface area contributed by atoms with E-state index in [1.165, 1.54) is 18.2 Å². The van der Waals surface area contributed by atoms with Crippen LogP contribution in [-0.2, 0) is 0 Å². The molecule has 23 heavy (non-hydrogen) atoms. The largest absolute Gasteiger partial charge is 0.433 e. The molecule has 0 aliphatic heterocycles. The standard InChI is InChI=1S/C15H12F4N2O2/c1-8-2-5-13(23-14(18)19)12(6-8)21-15(22)20-11-4-3-9(16)7-10(11)17/h2-7,14H,1H3,(H2,20,21,22). The van der Waals surface area contributed by atoms with Crippen molar-refractivity contribution in [1.29, 1.82) is 0 Å². The first-order chi connectivity index (χ1) is 10.8. The van der Waals surface area contributed by atoms with Crippen LogP contribution in [0.3, 0.4) is 0 Å². The van der Waals surface area contributed by atoms with Gasteiger partial charge in [-0.2, -0.15) is 8.78 Å². The van der Waals surface area contributed by atoms with E-state index < -0.39 is 24.3 Å². The Hall–Kier alpha value is -2.77. The molecule has 0 unspecified atom stereocenters. The third-order valence-corrected chi connectivity index (χ3v) is 2.78. The normalized spacial score (nSPS) is 10.5. The summed E-state index contributed by atoms with van der Waals surface area (Å²) >= 11 is 0. The average molecular weight is 328 g/mol. The average Bonchev–Trinajstić information content (AvgIpc) is 2.44. The zero-order valence-electron chi connectivity index (χ0n) is 11.9. The third kappa shape index (κ3) is 4.60. The number of carbonyl (C=O) groups excluding carboxylic acids is 1. The van der Waals surface area contributed by atoms with E-state index >= 15 is 0 Å². The molecule has 0 radical (unpaired) electrons. The van der Waals surface area contributed by atoms with Gasteiger partial charge >= 0.3 is 12.6 Å². The maximum Gasteiger partial charge on any atom is 0.387 e. The van der Waals surface area contributed by atoms with E-state index in [0.717, 1.165) is 12.1 Å². The van der Waals surface area contributed by atoms with E-state index in [4.69, 9.17) is 0 Å². The van der Waals surface area contributed by atoms with Gasteiger partial charge in [0.2, 0.25) is 0 Å². The Labute approximate surface area is 129 Å². The van der Waals surface area contributed by atoms with Crippen molar-refractivity contribution >= 4 is 17.4 Å². The van der Waals surface area contributed by atoms with Gasteiger partial charge in [0.25, 0.3) is 0 Å². The van der Waals surface area contributed by atoms with Gasteiger partial charge in [-0.15, -0.1) is 0 Å². The highest BCUT2D eigenvalue weighted by atomic mass is 19.3. The van der Waals surface area contributed by atoms with Gasteiger partial charge in [0.15, 0.2) is 0 Å². The SMILES string of the molecule is Cc1ccc(OC(F)F)c(NC(=O)Nc2ccc(F)cc2F)c1. The second-order valence-corrected chi connectivity index (χ2v) is 4.58. The molecule has 2 aromatic rings. The van der Waals surface area contributed by atoms with Crippen molar-refractivity contribution in [2.24, 2.45) is 0 Å². The lowest BCUT2D eigenvalue weighted by atomic mass is 10.2. The molecule has 0 fully saturated rings. The molecule has 0 aliphatic carbocycles. The number of halogens is 4. The Bertz CT molecular complexity index is 723. The van der Waals surface area contributed by atoms with Crippen LogP contribution >= 0.6 is 0 Å². The lowest BCUT2D eigenvalue weighted by Gasteiger charge is -2.13. The second kappa shape index (κ2) is 6.99. The third-order valence-electron chi connectivity index (χ3n) is 2.78. The molecule has 0 bridgehead atoms. The number of carbonyl (C=O) groups is 1. The van der Waals surface area contributed by atoms with Crippen molar-refractivity contribution < 1.29 is 27.1 Å². The molecule has 2 aromatic carbocycles. The summed E-state index contributed by atoms with van der Waals surface area (Å²) < 4.78 is 55.2. The molecule has 0 spiro atoms. The van der Waals surface area contributed by atoms with E-state index in [2.05, 4.69) is 15.4 Å². The van der Waals surface area contributed by atoms with Crippen LogP contribution in [0.2, 0.25) is 0 Å². The van der Waals surface area contributed by atoms with Crippen LogP contribution in [-0.4, -0.2) is 12.6 Å². The number of rotatable bonds is 4. The monoisotopic (exact) mass is 328 g/mol. The molecule has 8 heteroatoms. The van der Waals surface area contributed by atoms with Gasteiger partial charge in [0, 0.05) is 6.07 Å². The minimum atomic E-state index is -3.06. The summed E-state index contributed by atoms with van der Waals surface area (Å²) in [7, 11) is 0. The highest BCUT2D eigenvalue weighted by Crippen LogP contribution is 2.27. The minimum absolute atomic E-state index is 0.00896. The Morgan fingerprint density at radius 2 is 1.74 bits per heavy atom. The fourth-order valence-electron chi connectivity index (χ4n) is 1.81. The second-order valence-electron chi connectivity index (χ2n) is 4.58. The summed E-state index contributed by atoms with van der Waals surface area (Å²) in [6.45, 7) is -1.37. The van der Waals surface area contributed by atoms with Crippen LogP contribution in [0.5, 0.6) is 5.75 Å². The predicted molar refractivity (Wildman–Crippen MR) is 76.8 cm³/mol. The Morgan fingerprint density at radius 1 is 1.04 bits per heavy atom. The number of urea groups is 1. The molecule has 0 atom stereocenters. The summed E-state index contributed by atoms with van der Waals surface area (Å²) in [4.78, 5) is 11.8. The molecule has 2 N–H and O–H groups in total. The molecular weight excluding hydrogens is 316 g/mol. The van der Waals surface area contributed by atoms with Crippen LogP contribution in [0.4, 0.5) is 33.7 Å². The summed E-state index contributed by atoms with van der Waals surface area (Å²) in [6, 6.07) is 5.94. The van der Waals surface area contributed by atoms with Crippen molar-refractivity contribution in [3.05, 3.63) is 53.6 Å². The number of amides is 2. The Balaban J connectivity index is 2.14. The first kappa shape index (κ1) is 16.6. The van der Waals surface area contributed by atoms with Crippen molar-refractivity contribution in [2.45, 2.75) is 13.5 Å². The number of nitrogens with one attached hydrogen (secondary N) is 2. The number of alkyl halides is 2. The molecule has 122 valence electrons. The van der Waals surface area contributed by atoms with Crippen molar-refractivity contribution in [3.63, 3.8) is 0 Å². The fraction of sp³-hybridized carbons (Fsp3) is 0.133. The van der Waals surface area contributed by atoms with Gasteiger partial charge < -0.3 is 15.4 Å². The first-order valence-electron chi connectivity index (χ1n) is 6.43. The number of hydrogen-bond acceptors (Lipinski definition) is 2. The topological polar surface area (TPSA) is 50.4 Å². The Kier molecular flexibility index (Phi) is 5.05. The van der Waals surface area contributed by atoms with Gasteiger partial charge in [0.1, 0.15) is 17.4 Å². The smallest absolute Gasteiger partial charge is 0.387 e. The molecule has 0 saturated heterocycles. The van der Waals surface area contributed by atoms with Crippen molar-refractivity contribution in [1.82, 2.24) is 0 Å². The highest BCUT2D eigenvalue weighted by molar-refractivity contribution is 6.00. The molecular formula is C15H12F4N2O2. The molecule has 0 heterocycles. The van der Waals surface area contributed by atoms with E-state index in [-0.39, 0.29) is 17.1 Å². The van der Waals surface area contributed by atoms with Gasteiger partial charge in [-0.25, -0.2) is 13.6 Å². The molecule has 2 rings (SSSR count). The number of ether oxygens (including phenoxy) is 1. The summed E-state index contributed by atoms with van der Waals surface area (Å²) in [5.41, 5.74) is 0.424. The molecule has 0 aromatic heterocycles. The summed E-state index contributed by atoms with van der Waals surface area (Å²) in [5, 5.41) is 4.43. The van der Waals surface area contributed by atoms with Gasteiger partial charge in [-0.05, 0) is 36.8 Å². The lowest BCUT2D eigenvalue weighted by Crippen LogP contribution is -2.21. The molecule has 0 aliphatic rings. The fourth-order valence-corrected chi connectivity index (χ4v) is 1.81. The highest BCUT2D eigenvalue weighted by Gasteiger charge is 2.13. The van der Waals surface area contributed by atoms with Crippen LogP contribution in [0.1, 0.15) is 5.56 Å². The number of benzene rings is 2. The molecule has 4 nitrogen and oxygen atoms in total. The van der Waals surface area contributed by atoms with Crippen LogP contribution in [0.15, 0.2) is 36.4 Å². The zero-order chi connectivity index (χ0) is 17.0. The van der Waals surface area contributed by atoms with Crippen LogP contribution in [0, 0.1) is 18.6 Å². The van der Waals surface area contributed by atoms with E-state index in [0.29, 0.717) is 11.6 Å². The van der Waals surface area contributed by atoms with E-state index in [1.54, 1.807) is 6.92 Å². The van der Waals surface area contributed by atoms with Crippen LogP contribution in [0.25, 0.3) is 0 Å². The Morgan fingerprint density at radius 3 is 2.39 bits per heavy atom. The van der Waals surface area contributed by atoms with Gasteiger partial charge in [-0.1, -0.05) is 6.07 Å². The van der Waals surface area contributed by atoms with Crippen molar-refractivity contribution in [3.8, 4) is 5.75 Å². The predicted octanol–water partition coefficient (Wildman–Crippen LogP) is 4.52. The maximum atomic E-state index is 13.5. The maximum absolute atomic E-state index is 13.5. The van der Waals surface area contributed by atoms with Gasteiger partial charge in [0.05, 0.1) is 11.4 Å². The summed E-state index contributed by atoms with van der Waals surface area (Å²) in [5.74, 6) is -1.99. The first-order valence-corrected chi connectivity index (χ1v) is 6.43. The van der Waals surface area contributed by atoms with E-state index in [1.807, 2.05) is 0 Å². The van der Waals surface area contributed by atoms with E-state index in [9.17, 15) is 22.4 Å². The number of hydrogen-bond donors (Lipinski definition) is 2. The quantitative estimate of drug-likeness (QED) is 0.811. The lowest BCUT2D eigenvalue weighted by molar-refractivity contribution is -0.0493. The van der Waals surface area contributed by atoms with Crippen molar-refractivity contribution in [2.75, 3.05) is 10.6 Å². The molecule has 0 saturated carbocycles. The number of aryl methyl sites for hydroxylation is 1. The van der Waals surface area contributed by atoms with Gasteiger partial charge in [-0.3, -0.25) is 0 Å². The van der Waals surface area contributed by atoms with Crippen LogP contribution < -0.4 is 15.4 Å². The molecule has 2 amide bonds. The minimum Gasteiger partial charge on any atom is -0.433 e.